The van der Waals surface area contributed by atoms with E-state index >= 15 is 0 Å². The summed E-state index contributed by atoms with van der Waals surface area (Å²) in [6.45, 7) is 14.9. The van der Waals surface area contributed by atoms with Crippen LogP contribution in [0.1, 0.15) is 99.0 Å². The summed E-state index contributed by atoms with van der Waals surface area (Å²) in [5.74, 6) is 0.386. The first-order chi connectivity index (χ1) is 30.7. The summed E-state index contributed by atoms with van der Waals surface area (Å²) in [6.07, 6.45) is 5.74. The predicted octanol–water partition coefficient (Wildman–Crippen LogP) is 7.42. The van der Waals surface area contributed by atoms with Gasteiger partial charge in [-0.1, -0.05) is 62.3 Å². The SMILES string of the molecule is Cc1cc(-c2[nH]nc3ncc(-c4ccc(C5(O)CCN(CC6CCN(c7ccc(N8CCC(=O)NC8=O)cc7)CC6)CC5)cc4)cc23)ccc1C(C)NC(=O)c1nc(C(C)(C)C)no1. The highest BCUT2D eigenvalue weighted by molar-refractivity contribution is 6.05. The van der Waals surface area contributed by atoms with Crippen LogP contribution in [0, 0.1) is 12.8 Å². The monoisotopic (exact) mass is 864 g/mol. The van der Waals surface area contributed by atoms with E-state index in [-0.39, 0.29) is 29.3 Å². The van der Waals surface area contributed by atoms with Crippen LogP contribution in [-0.4, -0.2) is 92.4 Å². The first-order valence-electron chi connectivity index (χ1n) is 22.3. The Morgan fingerprint density at radius 1 is 0.922 bits per heavy atom. The fourth-order valence-corrected chi connectivity index (χ4v) is 9.31. The average Bonchev–Trinajstić information content (AvgIpc) is 3.97. The number of aryl methyl sites for hydroxylation is 1. The predicted molar refractivity (Wildman–Crippen MR) is 245 cm³/mol. The molecule has 0 saturated carbocycles. The number of anilines is 2. The van der Waals surface area contributed by atoms with E-state index in [0.717, 1.165) is 101 Å². The molecular formula is C49H56N10O5. The van der Waals surface area contributed by atoms with Gasteiger partial charge < -0.3 is 24.7 Å². The molecule has 1 atom stereocenters. The number of benzene rings is 3. The number of pyridine rings is 1. The number of urea groups is 1. The van der Waals surface area contributed by atoms with Crippen LogP contribution in [-0.2, 0) is 15.8 Å². The lowest BCUT2D eigenvalue weighted by atomic mass is 9.83. The Bertz CT molecular complexity index is 2670. The highest BCUT2D eigenvalue weighted by atomic mass is 16.5. The number of fused-ring (bicyclic) bond motifs is 1. The summed E-state index contributed by atoms with van der Waals surface area (Å²) in [4.78, 5) is 52.3. The second-order valence-electron chi connectivity index (χ2n) is 18.7. The van der Waals surface area contributed by atoms with Crippen molar-refractivity contribution < 1.29 is 24.0 Å². The van der Waals surface area contributed by atoms with Gasteiger partial charge in [-0.25, -0.2) is 9.78 Å². The van der Waals surface area contributed by atoms with Crippen LogP contribution in [0.2, 0.25) is 0 Å². The number of hydrogen-bond donors (Lipinski definition) is 4. The molecule has 0 bridgehead atoms. The van der Waals surface area contributed by atoms with Crippen molar-refractivity contribution in [2.75, 3.05) is 49.1 Å². The maximum atomic E-state index is 12.9. The number of aliphatic hydroxyl groups is 1. The summed E-state index contributed by atoms with van der Waals surface area (Å²) in [5, 5.41) is 29.8. The zero-order valence-electron chi connectivity index (χ0n) is 37.1. The molecule has 0 aliphatic carbocycles. The van der Waals surface area contributed by atoms with Crippen molar-refractivity contribution >= 4 is 40.3 Å². The second-order valence-corrected chi connectivity index (χ2v) is 18.7. The molecule has 6 aromatic rings. The zero-order chi connectivity index (χ0) is 44.8. The van der Waals surface area contributed by atoms with E-state index in [1.54, 1.807) is 4.90 Å². The van der Waals surface area contributed by atoms with Crippen LogP contribution in [0.5, 0.6) is 0 Å². The van der Waals surface area contributed by atoms with Crippen LogP contribution >= 0.6 is 0 Å². The number of aromatic nitrogens is 5. The maximum Gasteiger partial charge on any atom is 0.328 e. The minimum absolute atomic E-state index is 0.0557. The number of rotatable bonds is 10. The minimum Gasteiger partial charge on any atom is -0.385 e. The Labute approximate surface area is 372 Å². The van der Waals surface area contributed by atoms with E-state index in [9.17, 15) is 19.5 Å². The fraction of sp³-hybridized carbons (Fsp3) is 0.408. The van der Waals surface area contributed by atoms with Gasteiger partial charge in [-0.2, -0.15) is 10.1 Å². The number of amides is 4. The van der Waals surface area contributed by atoms with Gasteiger partial charge in [0.05, 0.1) is 17.3 Å². The molecule has 0 spiro atoms. The third kappa shape index (κ3) is 8.87. The Balaban J connectivity index is 0.782. The minimum atomic E-state index is -0.873. The molecule has 4 amide bonds. The molecule has 1 unspecified atom stereocenters. The van der Waals surface area contributed by atoms with Crippen LogP contribution in [0.25, 0.3) is 33.4 Å². The van der Waals surface area contributed by atoms with Crippen LogP contribution in [0.3, 0.4) is 0 Å². The highest BCUT2D eigenvalue weighted by Gasteiger charge is 2.35. The normalized spacial score (nSPS) is 18.0. The Morgan fingerprint density at radius 3 is 2.30 bits per heavy atom. The van der Waals surface area contributed by atoms with Crippen molar-refractivity contribution in [1.82, 2.24) is 40.9 Å². The fourth-order valence-electron chi connectivity index (χ4n) is 9.31. The molecular weight excluding hydrogens is 809 g/mol. The lowest BCUT2D eigenvalue weighted by Crippen LogP contribution is -2.49. The quantitative estimate of drug-likeness (QED) is 0.107. The van der Waals surface area contributed by atoms with E-state index in [1.165, 1.54) is 0 Å². The summed E-state index contributed by atoms with van der Waals surface area (Å²) in [6, 6.07) is 23.9. The van der Waals surface area contributed by atoms with Gasteiger partial charge in [-0.05, 0) is 104 Å². The number of H-pyrrole nitrogens is 1. The molecule has 3 aromatic heterocycles. The van der Waals surface area contributed by atoms with Crippen molar-refractivity contribution in [3.05, 3.63) is 107 Å². The van der Waals surface area contributed by atoms with Gasteiger partial charge in [0, 0.05) is 85.2 Å². The molecule has 6 heterocycles. The molecule has 15 nitrogen and oxygen atoms in total. The Hall–Kier alpha value is -6.45. The lowest BCUT2D eigenvalue weighted by molar-refractivity contribution is -0.120. The van der Waals surface area contributed by atoms with Gasteiger partial charge in [0.15, 0.2) is 11.5 Å². The average molecular weight is 865 g/mol. The number of aromatic amines is 1. The number of hydrogen-bond acceptors (Lipinski definition) is 11. The first kappa shape index (κ1) is 42.8. The van der Waals surface area contributed by atoms with E-state index in [2.05, 4.69) is 94.3 Å². The second kappa shape index (κ2) is 17.3. The first-order valence-corrected chi connectivity index (χ1v) is 22.3. The highest BCUT2D eigenvalue weighted by Crippen LogP contribution is 2.37. The molecule has 332 valence electrons. The van der Waals surface area contributed by atoms with Crippen LogP contribution in [0.15, 0.2) is 83.5 Å². The molecule has 0 radical (unpaired) electrons. The molecule has 3 saturated heterocycles. The summed E-state index contributed by atoms with van der Waals surface area (Å²) in [5.41, 5.74) is 8.06. The van der Waals surface area contributed by atoms with E-state index < -0.39 is 11.5 Å². The summed E-state index contributed by atoms with van der Waals surface area (Å²) in [7, 11) is 0. The number of likely N-dealkylation sites (tertiary alicyclic amines) is 1. The largest absolute Gasteiger partial charge is 0.385 e. The van der Waals surface area contributed by atoms with Crippen molar-refractivity contribution in [2.45, 2.75) is 83.8 Å². The van der Waals surface area contributed by atoms with Gasteiger partial charge in [0.1, 0.15) is 0 Å². The van der Waals surface area contributed by atoms with Crippen LogP contribution in [0.4, 0.5) is 16.2 Å². The third-order valence-electron chi connectivity index (χ3n) is 13.2. The van der Waals surface area contributed by atoms with Gasteiger partial charge in [0.2, 0.25) is 5.91 Å². The molecule has 64 heavy (non-hydrogen) atoms. The van der Waals surface area contributed by atoms with E-state index in [4.69, 9.17) is 4.52 Å². The number of carbonyl (C=O) groups excluding carboxylic acids is 3. The standard InChI is InChI=1S/C49H56N10O5/c1-30-26-34(8-15-39(30)31(2)51-44(61)45-53-46(56-64-45)48(3,4)5)42-40-27-35(28-50-43(40)55-54-42)33-6-9-36(10-7-33)49(63)19-24-57(25-20-49)29-32-16-21-58(22-17-32)37-11-13-38(14-12-37)59-23-18-41(60)52-47(59)62/h6-15,26-28,31-32,63H,16-25,29H2,1-5H3,(H,51,61)(H,50,54,55)(H,52,60,62). The molecule has 15 heteroatoms. The number of nitrogens with one attached hydrogen (secondary N) is 3. The van der Waals surface area contributed by atoms with Crippen molar-refractivity contribution in [3.63, 3.8) is 0 Å². The molecule has 3 aliphatic heterocycles. The van der Waals surface area contributed by atoms with Crippen molar-refractivity contribution in [3.8, 4) is 22.4 Å². The van der Waals surface area contributed by atoms with Crippen LogP contribution < -0.4 is 20.4 Å². The smallest absolute Gasteiger partial charge is 0.328 e. The summed E-state index contributed by atoms with van der Waals surface area (Å²) < 4.78 is 5.25. The number of nitrogens with zero attached hydrogens (tertiary/aromatic N) is 7. The van der Waals surface area contributed by atoms with Crippen molar-refractivity contribution in [2.24, 2.45) is 5.92 Å². The molecule has 9 rings (SSSR count). The molecule has 3 aliphatic rings. The lowest BCUT2D eigenvalue weighted by Gasteiger charge is -2.41. The molecule has 3 fully saturated rings. The number of carbonyl (C=O) groups is 3. The number of piperidine rings is 2. The van der Waals surface area contributed by atoms with Gasteiger partial charge in [-0.15, -0.1) is 0 Å². The topological polar surface area (TPSA) is 186 Å². The van der Waals surface area contributed by atoms with Gasteiger partial charge in [0.25, 0.3) is 0 Å². The zero-order valence-corrected chi connectivity index (χ0v) is 37.1. The van der Waals surface area contributed by atoms with E-state index in [0.29, 0.717) is 43.2 Å². The number of imide groups is 1. The summed E-state index contributed by atoms with van der Waals surface area (Å²) >= 11 is 0. The molecule has 3 aromatic carbocycles. The van der Waals surface area contributed by atoms with Gasteiger partial charge in [-0.3, -0.25) is 24.9 Å². The van der Waals surface area contributed by atoms with E-state index in [1.807, 2.05) is 65.1 Å². The van der Waals surface area contributed by atoms with Gasteiger partial charge >= 0.3 is 17.8 Å². The van der Waals surface area contributed by atoms with Crippen molar-refractivity contribution in [1.29, 1.82) is 0 Å². The molecule has 4 N–H and O–H groups in total. The third-order valence-corrected chi connectivity index (χ3v) is 13.2. The Morgan fingerprint density at radius 2 is 1.62 bits per heavy atom. The maximum absolute atomic E-state index is 12.9. The Kier molecular flexibility index (Phi) is 11.6.